The highest BCUT2D eigenvalue weighted by atomic mass is 16.5. The molecule has 1 aliphatic heterocycles. The average molecular weight is 402 g/mol. The van der Waals surface area contributed by atoms with Crippen LogP contribution >= 0.6 is 0 Å². The van der Waals surface area contributed by atoms with Gasteiger partial charge < -0.3 is 29.3 Å². The van der Waals surface area contributed by atoms with Crippen LogP contribution in [0.2, 0.25) is 0 Å². The first-order valence-electron chi connectivity index (χ1n) is 9.27. The van der Waals surface area contributed by atoms with Gasteiger partial charge in [-0.05, 0) is 12.1 Å². The summed E-state index contributed by atoms with van der Waals surface area (Å²) in [5, 5.41) is 2.85. The fraction of sp³-hybridized carbons (Fsp3) is 0.474. The first-order valence-corrected chi connectivity index (χ1v) is 9.27. The topological polar surface area (TPSA) is 102 Å². The highest BCUT2D eigenvalue weighted by Gasteiger charge is 2.19. The normalized spacial score (nSPS) is 13.7. The highest BCUT2D eigenvalue weighted by Crippen LogP contribution is 2.30. The molecular formula is C19H26N6O4. The number of hydrogen-bond acceptors (Lipinski definition) is 9. The zero-order valence-corrected chi connectivity index (χ0v) is 17.1. The molecule has 0 atom stereocenters. The second-order valence-electron chi connectivity index (χ2n) is 6.57. The first kappa shape index (κ1) is 20.6. The molecule has 2 heterocycles. The van der Waals surface area contributed by atoms with E-state index in [0.29, 0.717) is 61.1 Å². The Hall–Kier alpha value is -3.14. The summed E-state index contributed by atoms with van der Waals surface area (Å²) in [4.78, 5) is 30.1. The van der Waals surface area contributed by atoms with Crippen molar-refractivity contribution in [1.82, 2.24) is 20.3 Å². The van der Waals surface area contributed by atoms with Crippen LogP contribution in [0.4, 0.5) is 11.9 Å². The van der Waals surface area contributed by atoms with E-state index in [0.717, 1.165) is 0 Å². The van der Waals surface area contributed by atoms with E-state index in [2.05, 4.69) is 25.2 Å². The summed E-state index contributed by atoms with van der Waals surface area (Å²) in [5.74, 6) is 2.15. The van der Waals surface area contributed by atoms with E-state index in [1.807, 2.05) is 19.0 Å². The molecule has 0 bridgehead atoms. The molecule has 1 aromatic heterocycles. The Kier molecular flexibility index (Phi) is 6.65. The molecule has 1 saturated heterocycles. The van der Waals surface area contributed by atoms with Gasteiger partial charge in [-0.1, -0.05) is 6.07 Å². The lowest BCUT2D eigenvalue weighted by Gasteiger charge is -2.27. The molecule has 0 radical (unpaired) electrons. The third-order valence-electron chi connectivity index (χ3n) is 4.41. The number of nitrogens with one attached hydrogen (secondary N) is 1. The Labute approximate surface area is 169 Å². The number of ether oxygens (including phenoxy) is 3. The van der Waals surface area contributed by atoms with E-state index >= 15 is 0 Å². The summed E-state index contributed by atoms with van der Waals surface area (Å²) < 4.78 is 16.0. The van der Waals surface area contributed by atoms with Gasteiger partial charge in [0.25, 0.3) is 5.91 Å². The van der Waals surface area contributed by atoms with Gasteiger partial charge >= 0.3 is 0 Å². The van der Waals surface area contributed by atoms with E-state index < -0.39 is 0 Å². The second-order valence-corrected chi connectivity index (χ2v) is 6.57. The van der Waals surface area contributed by atoms with Gasteiger partial charge in [0.1, 0.15) is 0 Å². The number of carbonyl (C=O) groups excluding carboxylic acids is 1. The van der Waals surface area contributed by atoms with Crippen LogP contribution in [0.25, 0.3) is 0 Å². The Morgan fingerprint density at radius 3 is 2.59 bits per heavy atom. The van der Waals surface area contributed by atoms with Gasteiger partial charge in [-0.3, -0.25) is 4.79 Å². The van der Waals surface area contributed by atoms with E-state index in [4.69, 9.17) is 14.2 Å². The van der Waals surface area contributed by atoms with Crippen molar-refractivity contribution in [2.24, 2.45) is 0 Å². The lowest BCUT2D eigenvalue weighted by atomic mass is 10.1. The van der Waals surface area contributed by atoms with Gasteiger partial charge in [-0.15, -0.1) is 0 Å². The maximum atomic E-state index is 12.7. The number of amides is 1. The predicted molar refractivity (Wildman–Crippen MR) is 108 cm³/mol. The number of anilines is 2. The predicted octanol–water partition coefficient (Wildman–Crippen LogP) is 0.721. The van der Waals surface area contributed by atoms with Crippen molar-refractivity contribution in [3.8, 4) is 11.5 Å². The quantitative estimate of drug-likeness (QED) is 0.718. The molecular weight excluding hydrogens is 376 g/mol. The molecule has 156 valence electrons. The molecule has 3 rings (SSSR count). The molecule has 1 aliphatic rings. The summed E-state index contributed by atoms with van der Waals surface area (Å²) in [6.07, 6.45) is 0. The fourth-order valence-corrected chi connectivity index (χ4v) is 2.90. The van der Waals surface area contributed by atoms with Crippen molar-refractivity contribution in [1.29, 1.82) is 0 Å². The summed E-state index contributed by atoms with van der Waals surface area (Å²) in [6, 6.07) is 5.15. The molecule has 1 fully saturated rings. The maximum absolute atomic E-state index is 12.7. The number of para-hydroxylation sites is 1. The van der Waals surface area contributed by atoms with Crippen LogP contribution in [0.15, 0.2) is 18.2 Å². The van der Waals surface area contributed by atoms with Gasteiger partial charge in [0.15, 0.2) is 17.3 Å². The minimum absolute atomic E-state index is 0.153. The molecule has 10 nitrogen and oxygen atoms in total. The van der Waals surface area contributed by atoms with Crippen molar-refractivity contribution in [2.45, 2.75) is 6.54 Å². The van der Waals surface area contributed by atoms with E-state index in [9.17, 15) is 4.79 Å². The van der Waals surface area contributed by atoms with Gasteiger partial charge in [0, 0.05) is 27.2 Å². The molecule has 10 heteroatoms. The van der Waals surface area contributed by atoms with Gasteiger partial charge in [0.2, 0.25) is 11.9 Å². The Bertz CT molecular complexity index is 855. The zero-order chi connectivity index (χ0) is 20.8. The van der Waals surface area contributed by atoms with Crippen molar-refractivity contribution < 1.29 is 19.0 Å². The first-order chi connectivity index (χ1) is 14.0. The summed E-state index contributed by atoms with van der Waals surface area (Å²) in [5.41, 5.74) is 0.377. The molecule has 0 spiro atoms. The number of benzene rings is 1. The van der Waals surface area contributed by atoms with Gasteiger partial charge in [0.05, 0.1) is 39.5 Å². The third kappa shape index (κ3) is 4.83. The fourth-order valence-electron chi connectivity index (χ4n) is 2.90. The second kappa shape index (κ2) is 9.37. The monoisotopic (exact) mass is 402 g/mol. The van der Waals surface area contributed by atoms with Crippen molar-refractivity contribution in [3.05, 3.63) is 29.6 Å². The van der Waals surface area contributed by atoms with Crippen LogP contribution in [-0.2, 0) is 11.3 Å². The highest BCUT2D eigenvalue weighted by molar-refractivity contribution is 5.97. The number of rotatable bonds is 7. The Balaban J connectivity index is 1.79. The lowest BCUT2D eigenvalue weighted by Crippen LogP contribution is -2.38. The third-order valence-corrected chi connectivity index (χ3v) is 4.41. The Morgan fingerprint density at radius 2 is 1.93 bits per heavy atom. The molecule has 1 N–H and O–H groups in total. The minimum atomic E-state index is -0.305. The molecule has 29 heavy (non-hydrogen) atoms. The number of methoxy groups -OCH3 is 2. The van der Waals surface area contributed by atoms with Crippen LogP contribution in [0.1, 0.15) is 16.2 Å². The number of carbonyl (C=O) groups is 1. The van der Waals surface area contributed by atoms with Crippen LogP contribution < -0.4 is 24.6 Å². The Morgan fingerprint density at radius 1 is 1.17 bits per heavy atom. The summed E-state index contributed by atoms with van der Waals surface area (Å²) >= 11 is 0. The van der Waals surface area contributed by atoms with Crippen LogP contribution in [-0.4, -0.2) is 75.5 Å². The zero-order valence-electron chi connectivity index (χ0n) is 17.1. The van der Waals surface area contributed by atoms with Crippen LogP contribution in [0.5, 0.6) is 11.5 Å². The van der Waals surface area contributed by atoms with Crippen molar-refractivity contribution in [3.63, 3.8) is 0 Å². The van der Waals surface area contributed by atoms with E-state index in [1.165, 1.54) is 14.2 Å². The number of hydrogen-bond donors (Lipinski definition) is 1. The smallest absolute Gasteiger partial charge is 0.255 e. The molecule has 1 aromatic carbocycles. The molecule has 0 aliphatic carbocycles. The minimum Gasteiger partial charge on any atom is -0.493 e. The SMILES string of the molecule is COc1cccc(C(=O)NCc2nc(N(C)C)nc(N3CCOCC3)n2)c1OC. The largest absolute Gasteiger partial charge is 0.493 e. The van der Waals surface area contributed by atoms with E-state index in [-0.39, 0.29) is 12.5 Å². The maximum Gasteiger partial charge on any atom is 0.255 e. The lowest BCUT2D eigenvalue weighted by molar-refractivity contribution is 0.0946. The van der Waals surface area contributed by atoms with Crippen molar-refractivity contribution >= 4 is 17.8 Å². The summed E-state index contributed by atoms with van der Waals surface area (Å²) in [7, 11) is 6.75. The van der Waals surface area contributed by atoms with Crippen LogP contribution in [0, 0.1) is 0 Å². The average Bonchev–Trinajstić information content (AvgIpc) is 2.77. The number of morpholine rings is 1. The molecule has 2 aromatic rings. The molecule has 0 unspecified atom stereocenters. The van der Waals surface area contributed by atoms with Gasteiger partial charge in [-0.2, -0.15) is 15.0 Å². The van der Waals surface area contributed by atoms with Crippen LogP contribution in [0.3, 0.4) is 0 Å². The molecule has 1 amide bonds. The summed E-state index contributed by atoms with van der Waals surface area (Å²) in [6.45, 7) is 2.84. The number of nitrogens with zero attached hydrogens (tertiary/aromatic N) is 5. The number of aromatic nitrogens is 3. The standard InChI is InChI=1S/C19H26N6O4/c1-24(2)18-21-15(22-19(23-18)25-8-10-29-11-9-25)12-20-17(26)13-6-5-7-14(27-3)16(13)28-4/h5-7H,8-12H2,1-4H3,(H,20,26). The molecule has 0 saturated carbocycles. The van der Waals surface area contributed by atoms with Crippen molar-refractivity contribution in [2.75, 3.05) is 64.4 Å². The van der Waals surface area contributed by atoms with E-state index in [1.54, 1.807) is 18.2 Å². The van der Waals surface area contributed by atoms with Gasteiger partial charge in [-0.25, -0.2) is 0 Å².